The molecule has 0 spiro atoms. The summed E-state index contributed by atoms with van der Waals surface area (Å²) in [6.07, 6.45) is 0. The van der Waals surface area contributed by atoms with Crippen molar-refractivity contribution in [3.05, 3.63) is 35.9 Å². The van der Waals surface area contributed by atoms with Crippen LogP contribution in [-0.4, -0.2) is 56.1 Å². The molecular formula is C18H31IN4O2. The van der Waals surface area contributed by atoms with Crippen LogP contribution in [-0.2, 0) is 16.1 Å². The Kier molecular flexibility index (Phi) is 11.4. The molecule has 0 unspecified atom stereocenters. The van der Waals surface area contributed by atoms with Crippen molar-refractivity contribution < 1.29 is 9.53 Å². The molecule has 2 N–H and O–H groups in total. The van der Waals surface area contributed by atoms with Gasteiger partial charge in [-0.05, 0) is 26.3 Å². The minimum atomic E-state index is -0.236. The minimum absolute atomic E-state index is 0. The molecule has 7 heteroatoms. The van der Waals surface area contributed by atoms with Gasteiger partial charge in [0.1, 0.15) is 0 Å². The first kappa shape index (κ1) is 23.6. The molecule has 0 aliphatic carbocycles. The van der Waals surface area contributed by atoms with Gasteiger partial charge in [-0.25, -0.2) is 0 Å². The van der Waals surface area contributed by atoms with Crippen LogP contribution in [0.25, 0.3) is 0 Å². The van der Waals surface area contributed by atoms with E-state index in [1.807, 2.05) is 58.2 Å². The lowest BCUT2D eigenvalue weighted by molar-refractivity contribution is -0.122. The number of benzene rings is 1. The third-order valence-electron chi connectivity index (χ3n) is 3.11. The smallest absolute Gasteiger partial charge is 0.240 e. The molecule has 6 nitrogen and oxygen atoms in total. The lowest BCUT2D eigenvalue weighted by atomic mass is 10.1. The molecule has 0 radical (unpaired) electrons. The Morgan fingerprint density at radius 2 is 1.88 bits per heavy atom. The maximum absolute atomic E-state index is 12.0. The van der Waals surface area contributed by atoms with Gasteiger partial charge in [-0.1, -0.05) is 30.3 Å². The van der Waals surface area contributed by atoms with Gasteiger partial charge in [0, 0.05) is 26.2 Å². The highest BCUT2D eigenvalue weighted by Gasteiger charge is 2.16. The molecular weight excluding hydrogens is 431 g/mol. The number of hydrogen-bond acceptors (Lipinski definition) is 3. The summed E-state index contributed by atoms with van der Waals surface area (Å²) < 4.78 is 5.63. The fourth-order valence-electron chi connectivity index (χ4n) is 2.13. The Hall–Kier alpha value is -1.35. The summed E-state index contributed by atoms with van der Waals surface area (Å²) in [4.78, 5) is 17.9. The van der Waals surface area contributed by atoms with Crippen LogP contribution in [0, 0.1) is 0 Å². The monoisotopic (exact) mass is 462 g/mol. The van der Waals surface area contributed by atoms with Crippen LogP contribution in [0.2, 0.25) is 0 Å². The molecule has 0 bridgehead atoms. The van der Waals surface area contributed by atoms with Gasteiger partial charge in [0.05, 0.1) is 19.8 Å². The van der Waals surface area contributed by atoms with E-state index in [1.165, 1.54) is 0 Å². The summed E-state index contributed by atoms with van der Waals surface area (Å²) in [6, 6.07) is 10.1. The molecule has 1 rings (SSSR count). The molecule has 0 aromatic heterocycles. The summed E-state index contributed by atoms with van der Waals surface area (Å²) >= 11 is 0. The predicted molar refractivity (Wildman–Crippen MR) is 113 cm³/mol. The number of carbonyl (C=O) groups is 1. The Morgan fingerprint density at radius 3 is 2.44 bits per heavy atom. The van der Waals surface area contributed by atoms with E-state index < -0.39 is 0 Å². The summed E-state index contributed by atoms with van der Waals surface area (Å²) in [7, 11) is 3.54. The van der Waals surface area contributed by atoms with Gasteiger partial charge in [-0.15, -0.1) is 24.0 Å². The number of guanidine groups is 1. The van der Waals surface area contributed by atoms with Crippen molar-refractivity contribution in [3.8, 4) is 0 Å². The average molecular weight is 462 g/mol. The van der Waals surface area contributed by atoms with Crippen molar-refractivity contribution in [1.82, 2.24) is 15.5 Å². The molecule has 0 saturated carbocycles. The van der Waals surface area contributed by atoms with Gasteiger partial charge in [-0.3, -0.25) is 9.79 Å². The molecule has 0 fully saturated rings. The topological polar surface area (TPSA) is 66.0 Å². The molecule has 0 aliphatic heterocycles. The second-order valence-corrected chi connectivity index (χ2v) is 6.67. The number of aliphatic imine (C=N–C) groups is 1. The lowest BCUT2D eigenvalue weighted by Crippen LogP contribution is -2.49. The molecule has 1 aromatic carbocycles. The average Bonchev–Trinajstić information content (AvgIpc) is 2.49. The highest BCUT2D eigenvalue weighted by atomic mass is 127. The number of likely N-dealkylation sites (N-methyl/N-ethyl adjacent to an activating group) is 1. The Morgan fingerprint density at radius 1 is 1.24 bits per heavy atom. The number of halogens is 1. The van der Waals surface area contributed by atoms with Crippen LogP contribution in [0.4, 0.5) is 0 Å². The first-order valence-electron chi connectivity index (χ1n) is 8.16. The second kappa shape index (κ2) is 12.1. The van der Waals surface area contributed by atoms with Gasteiger partial charge >= 0.3 is 0 Å². The number of hydrogen-bond donors (Lipinski definition) is 2. The van der Waals surface area contributed by atoms with E-state index in [4.69, 9.17) is 4.74 Å². The molecule has 0 saturated heterocycles. The van der Waals surface area contributed by atoms with Gasteiger partial charge < -0.3 is 20.3 Å². The maximum Gasteiger partial charge on any atom is 0.240 e. The summed E-state index contributed by atoms with van der Waals surface area (Å²) in [5.41, 5.74) is 0.915. The number of rotatable bonds is 7. The van der Waals surface area contributed by atoms with E-state index in [1.54, 1.807) is 11.9 Å². The fourth-order valence-corrected chi connectivity index (χ4v) is 2.13. The standard InChI is InChI=1S/C18H30N4O2.HI/c1-18(2,3)21-16(23)13-22(5)17(19-4)20-11-12-24-14-15-9-7-6-8-10-15;/h6-10H,11-14H2,1-5H3,(H,19,20)(H,21,23);1H. The van der Waals surface area contributed by atoms with Gasteiger partial charge in [-0.2, -0.15) is 0 Å². The fraction of sp³-hybridized carbons (Fsp3) is 0.556. The first-order chi connectivity index (χ1) is 11.3. The zero-order valence-corrected chi connectivity index (χ0v) is 18.2. The van der Waals surface area contributed by atoms with Crippen molar-refractivity contribution in [1.29, 1.82) is 0 Å². The van der Waals surface area contributed by atoms with Crippen molar-refractivity contribution >= 4 is 35.8 Å². The quantitative estimate of drug-likeness (QED) is 0.283. The molecule has 0 atom stereocenters. The van der Waals surface area contributed by atoms with Crippen LogP contribution in [0.1, 0.15) is 26.3 Å². The van der Waals surface area contributed by atoms with Gasteiger partial charge in [0.2, 0.25) is 5.91 Å². The van der Waals surface area contributed by atoms with Gasteiger partial charge in [0.25, 0.3) is 0 Å². The number of ether oxygens (including phenoxy) is 1. The highest BCUT2D eigenvalue weighted by molar-refractivity contribution is 14.0. The van der Waals surface area contributed by atoms with Crippen LogP contribution in [0.3, 0.4) is 0 Å². The zero-order chi connectivity index (χ0) is 18.0. The Balaban J connectivity index is 0.00000576. The van der Waals surface area contributed by atoms with Crippen LogP contribution in [0.5, 0.6) is 0 Å². The largest absolute Gasteiger partial charge is 0.375 e. The Bertz CT molecular complexity index is 530. The third-order valence-corrected chi connectivity index (χ3v) is 3.11. The summed E-state index contributed by atoms with van der Waals surface area (Å²) in [5.74, 6) is 0.635. The van der Waals surface area contributed by atoms with E-state index in [0.717, 1.165) is 5.56 Å². The molecule has 1 aromatic rings. The van der Waals surface area contributed by atoms with E-state index in [-0.39, 0.29) is 42.0 Å². The minimum Gasteiger partial charge on any atom is -0.375 e. The summed E-state index contributed by atoms with van der Waals surface area (Å²) in [6.45, 7) is 7.92. The number of carbonyl (C=O) groups excluding carboxylic acids is 1. The number of nitrogens with one attached hydrogen (secondary N) is 2. The lowest BCUT2D eigenvalue weighted by Gasteiger charge is -2.25. The van der Waals surface area contributed by atoms with Crippen molar-refractivity contribution in [3.63, 3.8) is 0 Å². The van der Waals surface area contributed by atoms with E-state index in [0.29, 0.717) is 25.7 Å². The predicted octanol–water partition coefficient (Wildman–Crippen LogP) is 2.24. The highest BCUT2D eigenvalue weighted by Crippen LogP contribution is 2.00. The van der Waals surface area contributed by atoms with Crippen LogP contribution < -0.4 is 10.6 Å². The molecule has 0 aliphatic rings. The molecule has 142 valence electrons. The second-order valence-electron chi connectivity index (χ2n) is 6.67. The number of nitrogens with zero attached hydrogens (tertiary/aromatic N) is 2. The van der Waals surface area contributed by atoms with Crippen molar-refractivity contribution in [2.24, 2.45) is 4.99 Å². The molecule has 0 heterocycles. The van der Waals surface area contributed by atoms with E-state index in [2.05, 4.69) is 15.6 Å². The first-order valence-corrected chi connectivity index (χ1v) is 8.16. The van der Waals surface area contributed by atoms with Crippen molar-refractivity contribution in [2.75, 3.05) is 33.8 Å². The maximum atomic E-state index is 12.0. The zero-order valence-electron chi connectivity index (χ0n) is 15.8. The third kappa shape index (κ3) is 11.0. The molecule has 25 heavy (non-hydrogen) atoms. The van der Waals surface area contributed by atoms with E-state index in [9.17, 15) is 4.79 Å². The van der Waals surface area contributed by atoms with Gasteiger partial charge in [0.15, 0.2) is 5.96 Å². The van der Waals surface area contributed by atoms with E-state index >= 15 is 0 Å². The van der Waals surface area contributed by atoms with Crippen LogP contribution >= 0.6 is 24.0 Å². The number of amides is 1. The molecule has 1 amide bonds. The van der Waals surface area contributed by atoms with Crippen molar-refractivity contribution in [2.45, 2.75) is 32.9 Å². The normalized spacial score (nSPS) is 11.5. The Labute approximate surface area is 168 Å². The van der Waals surface area contributed by atoms with Crippen LogP contribution in [0.15, 0.2) is 35.3 Å². The summed E-state index contributed by atoms with van der Waals surface area (Å²) in [5, 5.41) is 6.13. The SMILES string of the molecule is CN=C(NCCOCc1ccccc1)N(C)CC(=O)NC(C)(C)C.I.